The van der Waals surface area contributed by atoms with E-state index in [4.69, 9.17) is 9.26 Å². The van der Waals surface area contributed by atoms with E-state index in [1.54, 1.807) is 0 Å². The molecule has 2 aliphatic rings. The average molecular weight is 343 g/mol. The van der Waals surface area contributed by atoms with E-state index in [1.165, 1.54) is 0 Å². The monoisotopic (exact) mass is 343 g/mol. The van der Waals surface area contributed by atoms with Gasteiger partial charge in [-0.1, -0.05) is 35.5 Å². The van der Waals surface area contributed by atoms with Crippen molar-refractivity contribution in [2.24, 2.45) is 0 Å². The van der Waals surface area contributed by atoms with Crippen LogP contribution in [-0.2, 0) is 11.3 Å². The van der Waals surface area contributed by atoms with Crippen molar-refractivity contribution in [2.75, 3.05) is 19.7 Å². The van der Waals surface area contributed by atoms with Crippen LogP contribution >= 0.6 is 0 Å². The lowest BCUT2D eigenvalue weighted by Crippen LogP contribution is -2.35. The molecule has 0 bridgehead atoms. The second-order valence-electron chi connectivity index (χ2n) is 7.07. The van der Waals surface area contributed by atoms with Crippen molar-refractivity contribution < 1.29 is 14.4 Å². The number of ether oxygens (including phenoxy) is 1. The molecule has 6 nitrogen and oxygen atoms in total. The molecule has 2 heterocycles. The first kappa shape index (κ1) is 16.7. The number of β-amino-alcohol motifs (C(OH)–C–C–N with tert-alkyl or cyclic N) is 1. The van der Waals surface area contributed by atoms with Crippen molar-refractivity contribution >= 4 is 0 Å². The highest BCUT2D eigenvalue weighted by Gasteiger charge is 2.34. The molecule has 2 atom stereocenters. The Morgan fingerprint density at radius 3 is 2.88 bits per heavy atom. The summed E-state index contributed by atoms with van der Waals surface area (Å²) in [5.74, 6) is 2.04. The lowest BCUT2D eigenvalue weighted by molar-refractivity contribution is 0.00710. The standard InChI is InChI=1S/C19H25N3O3/c23-16(13-24-12-14-5-2-1-3-6-14)11-22-10-4-7-17(22)18-20-19(25-21-18)15-8-9-15/h1-3,5-6,15-17,23H,4,7-13H2. The van der Waals surface area contributed by atoms with E-state index in [0.717, 1.165) is 49.5 Å². The Labute approximate surface area is 147 Å². The third-order valence-electron chi connectivity index (χ3n) is 4.91. The molecule has 2 fully saturated rings. The van der Waals surface area contributed by atoms with Gasteiger partial charge < -0.3 is 14.4 Å². The molecular formula is C19H25N3O3. The maximum atomic E-state index is 10.3. The maximum absolute atomic E-state index is 10.3. The van der Waals surface area contributed by atoms with Gasteiger partial charge in [-0.15, -0.1) is 0 Å². The fourth-order valence-electron chi connectivity index (χ4n) is 3.43. The third kappa shape index (κ3) is 4.26. The van der Waals surface area contributed by atoms with Crippen molar-refractivity contribution in [3.05, 3.63) is 47.6 Å². The lowest BCUT2D eigenvalue weighted by Gasteiger charge is -2.24. The van der Waals surface area contributed by atoms with Crippen molar-refractivity contribution in [3.8, 4) is 0 Å². The predicted molar refractivity (Wildman–Crippen MR) is 91.9 cm³/mol. The largest absolute Gasteiger partial charge is 0.389 e. The van der Waals surface area contributed by atoms with Crippen molar-refractivity contribution in [2.45, 2.75) is 50.4 Å². The average Bonchev–Trinajstić information content (AvgIpc) is 3.18. The molecule has 1 saturated heterocycles. The SMILES string of the molecule is OC(COCc1ccccc1)CN1CCCC1c1noc(C2CC2)n1. The molecule has 4 rings (SSSR count). The summed E-state index contributed by atoms with van der Waals surface area (Å²) in [6.07, 6.45) is 3.91. The highest BCUT2D eigenvalue weighted by Crippen LogP contribution is 2.40. The zero-order chi connectivity index (χ0) is 17.1. The molecule has 1 aromatic heterocycles. The molecule has 1 aliphatic carbocycles. The molecule has 2 aromatic rings. The quantitative estimate of drug-likeness (QED) is 0.794. The second kappa shape index (κ2) is 7.64. The molecular weight excluding hydrogens is 318 g/mol. The van der Waals surface area contributed by atoms with Crippen molar-refractivity contribution in [1.29, 1.82) is 0 Å². The van der Waals surface area contributed by atoms with E-state index in [1.807, 2.05) is 30.3 Å². The van der Waals surface area contributed by atoms with Gasteiger partial charge in [0.05, 0.1) is 25.4 Å². The van der Waals surface area contributed by atoms with Gasteiger partial charge in [0, 0.05) is 12.5 Å². The van der Waals surface area contributed by atoms with Gasteiger partial charge in [-0.05, 0) is 37.8 Å². The Kier molecular flexibility index (Phi) is 5.10. The number of rotatable bonds is 8. The summed E-state index contributed by atoms with van der Waals surface area (Å²) >= 11 is 0. The number of benzene rings is 1. The topological polar surface area (TPSA) is 71.6 Å². The van der Waals surface area contributed by atoms with Gasteiger partial charge in [0.15, 0.2) is 5.82 Å². The highest BCUT2D eigenvalue weighted by atomic mass is 16.5. The first-order chi connectivity index (χ1) is 12.3. The first-order valence-electron chi connectivity index (χ1n) is 9.17. The fraction of sp³-hybridized carbons (Fsp3) is 0.579. The van der Waals surface area contributed by atoms with Crippen LogP contribution in [0.25, 0.3) is 0 Å². The van der Waals surface area contributed by atoms with Crippen LogP contribution in [0.15, 0.2) is 34.9 Å². The molecule has 6 heteroatoms. The minimum atomic E-state index is -0.515. The van der Waals surface area contributed by atoms with E-state index in [0.29, 0.717) is 25.7 Å². The lowest BCUT2D eigenvalue weighted by atomic mass is 10.2. The summed E-state index contributed by atoms with van der Waals surface area (Å²) in [6.45, 7) is 2.38. The summed E-state index contributed by atoms with van der Waals surface area (Å²) in [4.78, 5) is 6.83. The van der Waals surface area contributed by atoms with Crippen LogP contribution in [0, 0.1) is 0 Å². The summed E-state index contributed by atoms with van der Waals surface area (Å²) < 4.78 is 11.0. The summed E-state index contributed by atoms with van der Waals surface area (Å²) in [5.41, 5.74) is 1.12. The predicted octanol–water partition coefficient (Wildman–Crippen LogP) is 2.66. The zero-order valence-electron chi connectivity index (χ0n) is 14.4. The Balaban J connectivity index is 1.26. The molecule has 2 unspecified atom stereocenters. The Morgan fingerprint density at radius 1 is 1.24 bits per heavy atom. The minimum Gasteiger partial charge on any atom is -0.389 e. The maximum Gasteiger partial charge on any atom is 0.229 e. The molecule has 1 saturated carbocycles. The smallest absolute Gasteiger partial charge is 0.229 e. The first-order valence-corrected chi connectivity index (χ1v) is 9.17. The number of nitrogens with zero attached hydrogens (tertiary/aromatic N) is 3. The van der Waals surface area contributed by atoms with Crippen LogP contribution in [0.2, 0.25) is 0 Å². The van der Waals surface area contributed by atoms with E-state index in [-0.39, 0.29) is 6.04 Å². The summed E-state index contributed by atoms with van der Waals surface area (Å²) in [6, 6.07) is 10.2. The van der Waals surface area contributed by atoms with E-state index in [9.17, 15) is 5.11 Å². The molecule has 25 heavy (non-hydrogen) atoms. The highest BCUT2D eigenvalue weighted by molar-refractivity contribution is 5.13. The molecule has 0 spiro atoms. The van der Waals surface area contributed by atoms with Gasteiger partial charge in [0.2, 0.25) is 5.89 Å². The second-order valence-corrected chi connectivity index (χ2v) is 7.07. The number of aliphatic hydroxyl groups is 1. The number of likely N-dealkylation sites (tertiary alicyclic amines) is 1. The van der Waals surface area contributed by atoms with Gasteiger partial charge in [-0.25, -0.2) is 0 Å². The van der Waals surface area contributed by atoms with Gasteiger partial charge in [-0.3, -0.25) is 4.90 Å². The van der Waals surface area contributed by atoms with E-state index < -0.39 is 6.10 Å². The van der Waals surface area contributed by atoms with Crippen molar-refractivity contribution in [1.82, 2.24) is 15.0 Å². The number of aliphatic hydroxyl groups excluding tert-OH is 1. The Bertz CT molecular complexity index is 672. The molecule has 1 aromatic carbocycles. The van der Waals surface area contributed by atoms with Crippen LogP contribution in [0.1, 0.15) is 54.9 Å². The van der Waals surface area contributed by atoms with Crippen LogP contribution < -0.4 is 0 Å². The van der Waals surface area contributed by atoms with Crippen LogP contribution in [-0.4, -0.2) is 45.9 Å². The van der Waals surface area contributed by atoms with E-state index >= 15 is 0 Å². The zero-order valence-corrected chi connectivity index (χ0v) is 14.4. The normalized spacial score (nSPS) is 22.4. The van der Waals surface area contributed by atoms with Crippen LogP contribution in [0.3, 0.4) is 0 Å². The van der Waals surface area contributed by atoms with Crippen LogP contribution in [0.5, 0.6) is 0 Å². The molecule has 0 amide bonds. The number of aromatic nitrogens is 2. The van der Waals surface area contributed by atoms with Gasteiger partial charge >= 0.3 is 0 Å². The molecule has 0 radical (unpaired) electrons. The van der Waals surface area contributed by atoms with Gasteiger partial charge in [0.25, 0.3) is 0 Å². The molecule has 1 aliphatic heterocycles. The van der Waals surface area contributed by atoms with Gasteiger partial charge in [-0.2, -0.15) is 4.98 Å². The van der Waals surface area contributed by atoms with Crippen molar-refractivity contribution in [3.63, 3.8) is 0 Å². The number of hydrogen-bond acceptors (Lipinski definition) is 6. The molecule has 1 N–H and O–H groups in total. The van der Waals surface area contributed by atoms with E-state index in [2.05, 4.69) is 15.0 Å². The molecule has 134 valence electrons. The van der Waals surface area contributed by atoms with Crippen LogP contribution in [0.4, 0.5) is 0 Å². The van der Waals surface area contributed by atoms with Gasteiger partial charge in [0.1, 0.15) is 0 Å². The Morgan fingerprint density at radius 2 is 2.08 bits per heavy atom. The minimum absolute atomic E-state index is 0.153. The third-order valence-corrected chi connectivity index (χ3v) is 4.91. The Hall–Kier alpha value is -1.76. The number of hydrogen-bond donors (Lipinski definition) is 1. The fourth-order valence-corrected chi connectivity index (χ4v) is 3.43. The summed E-state index contributed by atoms with van der Waals surface area (Å²) in [7, 11) is 0. The summed E-state index contributed by atoms with van der Waals surface area (Å²) in [5, 5.41) is 14.5.